The SMILES string of the molecule is NCCCCCN1C(=O)CC(c2ccccc2)C1=O. The molecule has 0 radical (unpaired) electrons. The number of nitrogens with two attached hydrogens (primary N) is 1. The first kappa shape index (κ1) is 13.7. The molecule has 1 fully saturated rings. The summed E-state index contributed by atoms with van der Waals surface area (Å²) in [5.74, 6) is -0.390. The minimum absolute atomic E-state index is 0.0494. The summed E-state index contributed by atoms with van der Waals surface area (Å²) >= 11 is 0. The fraction of sp³-hybridized carbons (Fsp3) is 0.467. The van der Waals surface area contributed by atoms with Crippen LogP contribution in [0.25, 0.3) is 0 Å². The molecular formula is C15H20N2O2. The van der Waals surface area contributed by atoms with Gasteiger partial charge in [0.25, 0.3) is 0 Å². The van der Waals surface area contributed by atoms with Gasteiger partial charge in [-0.2, -0.15) is 0 Å². The van der Waals surface area contributed by atoms with E-state index in [9.17, 15) is 9.59 Å². The highest BCUT2D eigenvalue weighted by Crippen LogP contribution is 2.29. The normalized spacial score (nSPS) is 19.2. The molecule has 1 aromatic rings. The van der Waals surface area contributed by atoms with Crippen molar-refractivity contribution in [3.05, 3.63) is 35.9 Å². The third-order valence-corrected chi connectivity index (χ3v) is 3.53. The van der Waals surface area contributed by atoms with Crippen LogP contribution in [-0.4, -0.2) is 29.8 Å². The molecule has 1 aliphatic heterocycles. The largest absolute Gasteiger partial charge is 0.330 e. The Balaban J connectivity index is 1.97. The van der Waals surface area contributed by atoms with Crippen LogP contribution < -0.4 is 5.73 Å². The lowest BCUT2D eigenvalue weighted by atomic mass is 9.98. The van der Waals surface area contributed by atoms with E-state index in [0.717, 1.165) is 24.8 Å². The molecule has 0 aromatic heterocycles. The molecular weight excluding hydrogens is 240 g/mol. The molecule has 2 amide bonds. The first-order valence-electron chi connectivity index (χ1n) is 6.83. The quantitative estimate of drug-likeness (QED) is 0.625. The van der Waals surface area contributed by atoms with Crippen LogP contribution in [0.5, 0.6) is 0 Å². The average Bonchev–Trinajstić information content (AvgIpc) is 2.72. The molecule has 4 nitrogen and oxygen atoms in total. The van der Waals surface area contributed by atoms with E-state index in [0.29, 0.717) is 19.5 Å². The molecule has 1 aliphatic rings. The van der Waals surface area contributed by atoms with E-state index in [4.69, 9.17) is 5.73 Å². The smallest absolute Gasteiger partial charge is 0.237 e. The number of likely N-dealkylation sites (tertiary alicyclic amines) is 1. The highest BCUT2D eigenvalue weighted by molar-refractivity contribution is 6.06. The maximum atomic E-state index is 12.3. The van der Waals surface area contributed by atoms with Crippen molar-refractivity contribution >= 4 is 11.8 Å². The Kier molecular flexibility index (Phi) is 4.68. The lowest BCUT2D eigenvalue weighted by molar-refractivity contribution is -0.138. The van der Waals surface area contributed by atoms with Crippen molar-refractivity contribution in [1.82, 2.24) is 4.90 Å². The monoisotopic (exact) mass is 260 g/mol. The summed E-state index contributed by atoms with van der Waals surface area (Å²) in [6.45, 7) is 1.19. The summed E-state index contributed by atoms with van der Waals surface area (Å²) in [6.07, 6.45) is 3.05. The topological polar surface area (TPSA) is 63.4 Å². The maximum Gasteiger partial charge on any atom is 0.237 e. The Labute approximate surface area is 113 Å². The third-order valence-electron chi connectivity index (χ3n) is 3.53. The Bertz CT molecular complexity index is 445. The van der Waals surface area contributed by atoms with E-state index in [2.05, 4.69) is 0 Å². The number of imide groups is 1. The van der Waals surface area contributed by atoms with Crippen LogP contribution in [0.2, 0.25) is 0 Å². The molecule has 2 rings (SSSR count). The van der Waals surface area contributed by atoms with Crippen molar-refractivity contribution in [3.8, 4) is 0 Å². The van der Waals surface area contributed by atoms with Gasteiger partial charge in [0.05, 0.1) is 5.92 Å². The van der Waals surface area contributed by atoms with E-state index in [1.807, 2.05) is 30.3 Å². The van der Waals surface area contributed by atoms with Crippen LogP contribution in [0.15, 0.2) is 30.3 Å². The summed E-state index contributed by atoms with van der Waals surface area (Å²) < 4.78 is 0. The molecule has 1 unspecified atom stereocenters. The van der Waals surface area contributed by atoms with Gasteiger partial charge in [-0.1, -0.05) is 36.8 Å². The minimum Gasteiger partial charge on any atom is -0.330 e. The van der Waals surface area contributed by atoms with Crippen molar-refractivity contribution < 1.29 is 9.59 Å². The number of amides is 2. The first-order valence-corrected chi connectivity index (χ1v) is 6.83. The van der Waals surface area contributed by atoms with Gasteiger partial charge in [0.2, 0.25) is 11.8 Å². The summed E-state index contributed by atoms with van der Waals surface area (Å²) in [5.41, 5.74) is 6.36. The Morgan fingerprint density at radius 2 is 1.84 bits per heavy atom. The van der Waals surface area contributed by atoms with Gasteiger partial charge in [0.15, 0.2) is 0 Å². The van der Waals surface area contributed by atoms with E-state index < -0.39 is 0 Å². The van der Waals surface area contributed by atoms with Gasteiger partial charge in [0, 0.05) is 13.0 Å². The zero-order valence-electron chi connectivity index (χ0n) is 11.0. The van der Waals surface area contributed by atoms with Gasteiger partial charge in [-0.15, -0.1) is 0 Å². The fourth-order valence-electron chi connectivity index (χ4n) is 2.45. The maximum absolute atomic E-state index is 12.3. The van der Waals surface area contributed by atoms with Crippen molar-refractivity contribution in [2.75, 3.05) is 13.1 Å². The number of rotatable bonds is 6. The summed E-state index contributed by atoms with van der Waals surface area (Å²) in [7, 11) is 0. The second kappa shape index (κ2) is 6.48. The lowest BCUT2D eigenvalue weighted by Crippen LogP contribution is -2.31. The van der Waals surface area contributed by atoms with Crippen LogP contribution >= 0.6 is 0 Å². The Morgan fingerprint density at radius 3 is 2.53 bits per heavy atom. The molecule has 19 heavy (non-hydrogen) atoms. The minimum atomic E-state index is -0.289. The van der Waals surface area contributed by atoms with Crippen LogP contribution in [0.1, 0.15) is 37.2 Å². The molecule has 4 heteroatoms. The fourth-order valence-corrected chi connectivity index (χ4v) is 2.45. The zero-order valence-corrected chi connectivity index (χ0v) is 11.0. The number of benzene rings is 1. The van der Waals surface area contributed by atoms with E-state index in [-0.39, 0.29) is 17.7 Å². The van der Waals surface area contributed by atoms with Crippen LogP contribution in [0.3, 0.4) is 0 Å². The molecule has 1 heterocycles. The number of unbranched alkanes of at least 4 members (excludes halogenated alkanes) is 2. The molecule has 1 saturated heterocycles. The molecule has 2 N–H and O–H groups in total. The van der Waals surface area contributed by atoms with E-state index in [1.165, 1.54) is 4.90 Å². The predicted octanol–water partition coefficient (Wildman–Crippen LogP) is 1.66. The highest BCUT2D eigenvalue weighted by Gasteiger charge is 2.38. The van der Waals surface area contributed by atoms with Crippen molar-refractivity contribution in [2.24, 2.45) is 5.73 Å². The number of hydrogen-bond donors (Lipinski definition) is 1. The molecule has 102 valence electrons. The average molecular weight is 260 g/mol. The Hall–Kier alpha value is -1.68. The standard InChI is InChI=1S/C15H20N2O2/c16-9-5-2-6-10-17-14(18)11-13(15(17)19)12-7-3-1-4-8-12/h1,3-4,7-8,13H,2,5-6,9-11,16H2. The zero-order chi connectivity index (χ0) is 13.7. The first-order chi connectivity index (χ1) is 9.24. The molecule has 1 aromatic carbocycles. The Morgan fingerprint density at radius 1 is 1.11 bits per heavy atom. The number of carbonyl (C=O) groups is 2. The summed E-state index contributed by atoms with van der Waals surface area (Å²) in [5, 5.41) is 0. The van der Waals surface area contributed by atoms with Crippen LogP contribution in [-0.2, 0) is 9.59 Å². The molecule has 0 aliphatic carbocycles. The third kappa shape index (κ3) is 3.20. The lowest BCUT2D eigenvalue weighted by Gasteiger charge is -2.14. The second-order valence-electron chi connectivity index (χ2n) is 4.90. The van der Waals surface area contributed by atoms with Crippen molar-refractivity contribution in [1.29, 1.82) is 0 Å². The molecule has 0 saturated carbocycles. The highest BCUT2D eigenvalue weighted by atomic mass is 16.2. The molecule has 1 atom stereocenters. The summed E-state index contributed by atoms with van der Waals surface area (Å²) in [4.78, 5) is 25.6. The van der Waals surface area contributed by atoms with E-state index >= 15 is 0 Å². The van der Waals surface area contributed by atoms with Crippen molar-refractivity contribution in [3.63, 3.8) is 0 Å². The van der Waals surface area contributed by atoms with Crippen molar-refractivity contribution in [2.45, 2.75) is 31.6 Å². The van der Waals surface area contributed by atoms with Crippen LogP contribution in [0.4, 0.5) is 0 Å². The van der Waals surface area contributed by atoms with E-state index in [1.54, 1.807) is 0 Å². The molecule has 0 bridgehead atoms. The molecule has 0 spiro atoms. The van der Waals surface area contributed by atoms with Gasteiger partial charge in [-0.25, -0.2) is 0 Å². The number of carbonyl (C=O) groups excluding carboxylic acids is 2. The van der Waals surface area contributed by atoms with Gasteiger partial charge >= 0.3 is 0 Å². The van der Waals surface area contributed by atoms with Gasteiger partial charge < -0.3 is 5.73 Å². The number of nitrogens with zero attached hydrogens (tertiary/aromatic N) is 1. The van der Waals surface area contributed by atoms with Gasteiger partial charge in [-0.3, -0.25) is 14.5 Å². The van der Waals surface area contributed by atoms with Crippen LogP contribution in [0, 0.1) is 0 Å². The second-order valence-corrected chi connectivity index (χ2v) is 4.90. The predicted molar refractivity (Wildman–Crippen MR) is 73.4 cm³/mol. The number of hydrogen-bond acceptors (Lipinski definition) is 3. The summed E-state index contributed by atoms with van der Waals surface area (Å²) in [6, 6.07) is 9.53. The van der Waals surface area contributed by atoms with Gasteiger partial charge in [0.1, 0.15) is 0 Å². The van der Waals surface area contributed by atoms with Gasteiger partial charge in [-0.05, 0) is 24.9 Å².